The van der Waals surface area contributed by atoms with Gasteiger partial charge in [-0.25, -0.2) is 4.79 Å². The van der Waals surface area contributed by atoms with Gasteiger partial charge >= 0.3 is 18.2 Å². The van der Waals surface area contributed by atoms with Crippen LogP contribution in [0.5, 0.6) is 6.01 Å². The summed E-state index contributed by atoms with van der Waals surface area (Å²) in [6, 6.07) is 17.9. The monoisotopic (exact) mass is 783 g/mol. The van der Waals surface area contributed by atoms with E-state index in [-0.39, 0.29) is 48.2 Å². The van der Waals surface area contributed by atoms with Gasteiger partial charge in [0, 0.05) is 29.1 Å². The molecule has 0 radical (unpaired) electrons. The number of halogens is 4. The minimum atomic E-state index is -5.41. The van der Waals surface area contributed by atoms with Gasteiger partial charge in [-0.3, -0.25) is 15.0 Å². The molecule has 4 aromatic rings. The Morgan fingerprint density at radius 2 is 1.62 bits per heavy atom. The van der Waals surface area contributed by atoms with Crippen molar-refractivity contribution in [3.63, 3.8) is 0 Å². The molecule has 18 heteroatoms. The lowest BCUT2D eigenvalue weighted by Crippen LogP contribution is -2.52. The van der Waals surface area contributed by atoms with Gasteiger partial charge in [0.05, 0.1) is 14.1 Å². The molecule has 1 aromatic heterocycles. The second kappa shape index (κ2) is 17.9. The highest BCUT2D eigenvalue weighted by Crippen LogP contribution is 2.48. The van der Waals surface area contributed by atoms with Crippen molar-refractivity contribution >= 4 is 52.8 Å². The molecule has 8 N–H and O–H groups in total. The zero-order valence-corrected chi connectivity index (χ0v) is 29.9. The molecule has 1 aliphatic rings. The number of aromatic nitrogens is 3. The van der Waals surface area contributed by atoms with Crippen LogP contribution in [-0.4, -0.2) is 68.5 Å². The number of amides is 2. The lowest BCUT2D eigenvalue weighted by atomic mass is 10.0. The van der Waals surface area contributed by atoms with E-state index in [9.17, 15) is 32.7 Å². The van der Waals surface area contributed by atoms with Crippen LogP contribution >= 0.6 is 11.6 Å². The Morgan fingerprint density at radius 1 is 0.945 bits per heavy atom. The first kappa shape index (κ1) is 37.3. The number of unbranched alkanes of at least 4 members (excludes halogenated alkanes) is 1. The predicted octanol–water partition coefficient (Wildman–Crippen LogP) is 5.72. The number of hydrogen-bond acceptors (Lipinski definition) is 10. The van der Waals surface area contributed by atoms with Gasteiger partial charge in [0.25, 0.3) is 5.91 Å². The lowest BCUT2D eigenvalue weighted by Gasteiger charge is -2.22. The van der Waals surface area contributed by atoms with E-state index in [0.29, 0.717) is 36.3 Å². The van der Waals surface area contributed by atoms with Gasteiger partial charge in [-0.15, -0.1) is 0 Å². The number of rotatable bonds is 19. The zero-order chi connectivity index (χ0) is 41.4. The lowest BCUT2D eigenvalue weighted by molar-refractivity contribution is -0.154. The fourth-order valence-electron chi connectivity index (χ4n) is 5.54. The maximum absolute atomic E-state index is 13.4. The molecule has 0 spiro atoms. The molecular weight excluding hydrogens is 743 g/mol. The first-order valence-electron chi connectivity index (χ1n) is 18.1. The predicted molar refractivity (Wildman–Crippen MR) is 198 cm³/mol. The third kappa shape index (κ3) is 12.3. The van der Waals surface area contributed by atoms with Crippen molar-refractivity contribution in [3.8, 4) is 6.01 Å². The maximum Gasteiger partial charge on any atom is 0.422 e. The summed E-state index contributed by atoms with van der Waals surface area (Å²) in [5.74, 6) is -3.20. The summed E-state index contributed by atoms with van der Waals surface area (Å²) < 4.78 is 59.5. The molecule has 1 fully saturated rings. The number of anilines is 3. The van der Waals surface area contributed by atoms with Gasteiger partial charge in [-0.1, -0.05) is 60.5 Å². The molecule has 0 bridgehead atoms. The Morgan fingerprint density at radius 3 is 2.24 bits per heavy atom. The maximum atomic E-state index is 13.4. The molecule has 2 amide bonds. The topological polar surface area (TPSA) is 217 Å². The van der Waals surface area contributed by atoms with Crippen LogP contribution in [0.4, 0.5) is 30.8 Å². The highest BCUT2D eigenvalue weighted by atomic mass is 35.5. The average molecular weight is 784 g/mol. The van der Waals surface area contributed by atoms with Crippen molar-refractivity contribution in [3.05, 3.63) is 101 Å². The van der Waals surface area contributed by atoms with Crippen molar-refractivity contribution in [1.29, 1.82) is 5.41 Å². The average Bonchev–Trinajstić information content (AvgIpc) is 3.92. The molecule has 55 heavy (non-hydrogen) atoms. The van der Waals surface area contributed by atoms with Gasteiger partial charge in [0.15, 0.2) is 6.56 Å². The van der Waals surface area contributed by atoms with Crippen LogP contribution in [-0.2, 0) is 21.5 Å². The minimum absolute atomic E-state index is 0.00634. The summed E-state index contributed by atoms with van der Waals surface area (Å²) in [5, 5.41) is 28.8. The van der Waals surface area contributed by atoms with E-state index in [1.54, 1.807) is 54.6 Å². The van der Waals surface area contributed by atoms with Gasteiger partial charge < -0.3 is 36.8 Å². The summed E-state index contributed by atoms with van der Waals surface area (Å²) in [7, 11) is 0. The molecule has 0 saturated heterocycles. The third-order valence-corrected chi connectivity index (χ3v) is 8.73. The Balaban J connectivity index is 1.32. The summed E-state index contributed by atoms with van der Waals surface area (Å²) in [6.07, 6.45) is -2.93. The van der Waals surface area contributed by atoms with E-state index in [1.807, 2.05) is 0 Å². The number of nitrogens with zero attached hydrogens (tertiary/aromatic N) is 3. The van der Waals surface area contributed by atoms with Crippen molar-refractivity contribution < 1.29 is 40.1 Å². The second-order valence-electron chi connectivity index (χ2n) is 12.8. The van der Waals surface area contributed by atoms with Crippen LogP contribution in [0.2, 0.25) is 5.02 Å². The van der Waals surface area contributed by atoms with Crippen LogP contribution in [0, 0.1) is 5.41 Å². The van der Waals surface area contributed by atoms with Crippen LogP contribution in [0.15, 0.2) is 78.9 Å². The SMILES string of the molecule is [2H]C([2H])(Oc1nc(Nc2ccc(C(=O)N[C@H](CCCCC(=N)N)C(=O)N[C@@H](Cc3ccccc3)C(=O)O)cc2)nc(NC2(c3ccc(Cl)cc3)CC2)n1)C(F)(F)F. The van der Waals surface area contributed by atoms with Crippen molar-refractivity contribution in [1.82, 2.24) is 25.6 Å². The molecule has 2 atom stereocenters. The van der Waals surface area contributed by atoms with E-state index in [4.69, 9.17) is 25.5 Å². The normalized spacial score (nSPS) is 15.0. The number of carbonyl (C=O) groups excluding carboxylic acids is 2. The molecular formula is C37H39ClF3N9O5. The van der Waals surface area contributed by atoms with E-state index in [2.05, 4.69) is 41.0 Å². The van der Waals surface area contributed by atoms with E-state index in [0.717, 1.165) is 5.56 Å². The summed E-state index contributed by atoms with van der Waals surface area (Å²) in [4.78, 5) is 50.8. The highest BCUT2D eigenvalue weighted by molar-refractivity contribution is 6.30. The van der Waals surface area contributed by atoms with E-state index < -0.39 is 54.2 Å². The summed E-state index contributed by atoms with van der Waals surface area (Å²) in [5.41, 5.74) is 6.63. The zero-order valence-electron chi connectivity index (χ0n) is 31.1. The Labute approximate surface area is 321 Å². The van der Waals surface area contributed by atoms with Gasteiger partial charge in [0.2, 0.25) is 17.8 Å². The number of ether oxygens (including phenoxy) is 1. The minimum Gasteiger partial charge on any atom is -0.480 e. The molecule has 3 aromatic carbocycles. The largest absolute Gasteiger partial charge is 0.480 e. The molecule has 5 rings (SSSR count). The Bertz CT molecular complexity index is 2060. The highest BCUT2D eigenvalue weighted by Gasteiger charge is 2.45. The Kier molecular flexibility index (Phi) is 12.2. The van der Waals surface area contributed by atoms with Gasteiger partial charge in [0.1, 0.15) is 12.1 Å². The molecule has 1 aliphatic carbocycles. The number of carboxylic acid groups (broad SMARTS) is 1. The van der Waals surface area contributed by atoms with E-state index in [1.165, 1.54) is 24.3 Å². The van der Waals surface area contributed by atoms with Gasteiger partial charge in [-0.2, -0.15) is 28.1 Å². The molecule has 0 aliphatic heterocycles. The first-order valence-corrected chi connectivity index (χ1v) is 17.4. The van der Waals surface area contributed by atoms with Crippen molar-refractivity contribution in [2.45, 2.75) is 68.7 Å². The van der Waals surface area contributed by atoms with Gasteiger partial charge in [-0.05, 0) is 73.2 Å². The fourth-order valence-corrected chi connectivity index (χ4v) is 5.67. The number of nitrogens with two attached hydrogens (primary N) is 1. The molecule has 290 valence electrons. The number of nitrogens with one attached hydrogen (secondary N) is 5. The Hall–Kier alpha value is -5.97. The first-order chi connectivity index (χ1) is 26.9. The second-order valence-corrected chi connectivity index (χ2v) is 13.2. The number of aliphatic carboxylic acids is 1. The number of alkyl halides is 3. The third-order valence-electron chi connectivity index (χ3n) is 8.48. The smallest absolute Gasteiger partial charge is 0.422 e. The molecule has 1 heterocycles. The standard InChI is InChI=1S/C37H39ClF3N9O5/c38-25-14-12-24(13-15-25)36(18-19-36)50-34-47-33(48-35(49-34)55-21-37(39,40)41)44-26-16-10-23(11-17-26)30(51)45-27(8-4-5-9-29(42)43)31(52)46-28(32(53)54)20-22-6-2-1-3-7-22/h1-3,6-7,10-17,27-28H,4-5,8-9,18-21H2,(H3,42,43)(H,45,51)(H,46,52)(H,53,54)(H2,44,47,48,49,50)/t27-,28+/m1/s1/i21D2. The molecule has 0 unspecified atom stereocenters. The van der Waals surface area contributed by atoms with Crippen LogP contribution in [0.25, 0.3) is 0 Å². The fraction of sp³-hybridized carbons (Fsp3) is 0.324. The number of carbonyl (C=O) groups is 3. The number of amidine groups is 1. The summed E-state index contributed by atoms with van der Waals surface area (Å²) >= 11 is 6.03. The summed E-state index contributed by atoms with van der Waals surface area (Å²) in [6.45, 7) is -4.13. The van der Waals surface area contributed by atoms with Crippen LogP contribution in [0.3, 0.4) is 0 Å². The molecule has 14 nitrogen and oxygen atoms in total. The quantitative estimate of drug-likeness (QED) is 0.0347. The van der Waals surface area contributed by atoms with Crippen molar-refractivity contribution in [2.24, 2.45) is 5.73 Å². The number of hydrogen-bond donors (Lipinski definition) is 7. The number of carboxylic acids is 1. The van der Waals surface area contributed by atoms with E-state index >= 15 is 0 Å². The van der Waals surface area contributed by atoms with Crippen LogP contribution in [0.1, 0.15) is 62.8 Å². The van der Waals surface area contributed by atoms with Crippen molar-refractivity contribution in [2.75, 3.05) is 17.2 Å². The molecule has 1 saturated carbocycles. The number of benzene rings is 3. The van der Waals surface area contributed by atoms with Crippen LogP contribution < -0.4 is 31.7 Å².